The summed E-state index contributed by atoms with van der Waals surface area (Å²) in [6, 6.07) is 4.39. The van der Waals surface area contributed by atoms with Crippen LogP contribution in [0.2, 0.25) is 0 Å². The van der Waals surface area contributed by atoms with Gasteiger partial charge in [0.15, 0.2) is 0 Å². The number of halogens is 3. The van der Waals surface area contributed by atoms with Crippen LogP contribution in [-0.4, -0.2) is 11.5 Å². The van der Waals surface area contributed by atoms with Crippen LogP contribution in [0.15, 0.2) is 24.4 Å². The molecule has 0 aliphatic rings. The Morgan fingerprint density at radius 1 is 1.31 bits per heavy atom. The Morgan fingerprint density at radius 3 is 2.56 bits per heavy atom. The lowest BCUT2D eigenvalue weighted by Gasteiger charge is -2.05. The predicted octanol–water partition coefficient (Wildman–Crippen LogP) is 3.28. The highest BCUT2D eigenvalue weighted by molar-refractivity contribution is 5.64. The lowest BCUT2D eigenvalue weighted by atomic mass is 10.2. The molecule has 2 rings (SSSR count). The van der Waals surface area contributed by atoms with Crippen molar-refractivity contribution in [2.75, 3.05) is 7.11 Å². The minimum atomic E-state index is -4.33. The number of methoxy groups -OCH3 is 1. The first-order valence-electron chi connectivity index (χ1n) is 4.67. The van der Waals surface area contributed by atoms with Gasteiger partial charge in [-0.25, -0.2) is 0 Å². The molecule has 0 spiro atoms. The number of rotatable bonds is 1. The molecule has 0 saturated heterocycles. The fourth-order valence-electron chi connectivity index (χ4n) is 1.76. The van der Waals surface area contributed by atoms with Gasteiger partial charge in [-0.05, 0) is 25.1 Å². The molecule has 16 heavy (non-hydrogen) atoms. The maximum absolute atomic E-state index is 12.7. The molecule has 0 atom stereocenters. The molecule has 0 aliphatic heterocycles. The monoisotopic (exact) mass is 229 g/mol. The van der Waals surface area contributed by atoms with Gasteiger partial charge in [-0.1, -0.05) is 0 Å². The van der Waals surface area contributed by atoms with Gasteiger partial charge in [0.05, 0.1) is 18.2 Å². The van der Waals surface area contributed by atoms with Crippen molar-refractivity contribution in [1.82, 2.24) is 4.40 Å². The molecule has 2 nitrogen and oxygen atoms in total. The van der Waals surface area contributed by atoms with E-state index in [0.717, 1.165) is 6.07 Å². The summed E-state index contributed by atoms with van der Waals surface area (Å²) in [4.78, 5) is 0. The zero-order valence-electron chi connectivity index (χ0n) is 8.80. The maximum atomic E-state index is 12.7. The standard InChI is InChI=1S/C11H10F3NO/c1-7-8(11(12,13)14)6-9-10(16-2)4-3-5-15(7)9/h3-6H,1-2H3. The average molecular weight is 229 g/mol. The second-order valence-electron chi connectivity index (χ2n) is 3.47. The minimum absolute atomic E-state index is 0.168. The Morgan fingerprint density at radius 2 is 2.00 bits per heavy atom. The zero-order valence-corrected chi connectivity index (χ0v) is 8.80. The second-order valence-corrected chi connectivity index (χ2v) is 3.47. The van der Waals surface area contributed by atoms with E-state index in [1.807, 2.05) is 0 Å². The van der Waals surface area contributed by atoms with Crippen molar-refractivity contribution in [1.29, 1.82) is 0 Å². The van der Waals surface area contributed by atoms with E-state index < -0.39 is 11.7 Å². The summed E-state index contributed by atoms with van der Waals surface area (Å²) in [7, 11) is 1.44. The van der Waals surface area contributed by atoms with E-state index >= 15 is 0 Å². The number of pyridine rings is 1. The van der Waals surface area contributed by atoms with E-state index in [-0.39, 0.29) is 5.69 Å². The number of fused-ring (bicyclic) bond motifs is 1. The molecule has 0 N–H and O–H groups in total. The van der Waals surface area contributed by atoms with Crippen LogP contribution < -0.4 is 4.74 Å². The number of hydrogen-bond acceptors (Lipinski definition) is 1. The van der Waals surface area contributed by atoms with Crippen molar-refractivity contribution in [3.05, 3.63) is 35.7 Å². The van der Waals surface area contributed by atoms with Crippen molar-refractivity contribution >= 4 is 5.52 Å². The first-order chi connectivity index (χ1) is 7.45. The molecular weight excluding hydrogens is 219 g/mol. The third-order valence-corrected chi connectivity index (χ3v) is 2.55. The van der Waals surface area contributed by atoms with Crippen molar-refractivity contribution in [2.45, 2.75) is 13.1 Å². The third kappa shape index (κ3) is 1.52. The van der Waals surface area contributed by atoms with Gasteiger partial charge in [-0.3, -0.25) is 0 Å². The van der Waals surface area contributed by atoms with E-state index in [4.69, 9.17) is 4.74 Å². The quantitative estimate of drug-likeness (QED) is 0.731. The highest BCUT2D eigenvalue weighted by atomic mass is 19.4. The third-order valence-electron chi connectivity index (χ3n) is 2.55. The highest BCUT2D eigenvalue weighted by Gasteiger charge is 2.34. The van der Waals surface area contributed by atoms with Crippen molar-refractivity contribution in [3.8, 4) is 5.75 Å². The number of nitrogens with zero attached hydrogens (tertiary/aromatic N) is 1. The molecule has 0 fully saturated rings. The van der Waals surface area contributed by atoms with Gasteiger partial charge in [0.1, 0.15) is 5.75 Å². The van der Waals surface area contributed by atoms with Crippen LogP contribution in [0.5, 0.6) is 5.75 Å². The summed E-state index contributed by atoms with van der Waals surface area (Å²) in [5.41, 5.74) is -0.0341. The van der Waals surface area contributed by atoms with Crippen LogP contribution in [0.4, 0.5) is 13.2 Å². The lowest BCUT2D eigenvalue weighted by molar-refractivity contribution is -0.137. The molecular formula is C11H10F3NO. The van der Waals surface area contributed by atoms with Crippen molar-refractivity contribution in [3.63, 3.8) is 0 Å². The topological polar surface area (TPSA) is 13.6 Å². The molecule has 0 aromatic carbocycles. The van der Waals surface area contributed by atoms with Crippen LogP contribution in [0, 0.1) is 6.92 Å². The summed E-state index contributed by atoms with van der Waals surface area (Å²) in [5.74, 6) is 0.432. The fourth-order valence-corrected chi connectivity index (χ4v) is 1.76. The van der Waals surface area contributed by atoms with Gasteiger partial charge in [0.25, 0.3) is 0 Å². The summed E-state index contributed by atoms with van der Waals surface area (Å²) >= 11 is 0. The Labute approximate surface area is 90.3 Å². The van der Waals surface area contributed by atoms with Gasteiger partial charge in [-0.2, -0.15) is 13.2 Å². The number of hydrogen-bond donors (Lipinski definition) is 0. The van der Waals surface area contributed by atoms with Crippen LogP contribution in [0.3, 0.4) is 0 Å². The fraction of sp³-hybridized carbons (Fsp3) is 0.273. The molecule has 0 aliphatic carbocycles. The van der Waals surface area contributed by atoms with Crippen LogP contribution in [0.1, 0.15) is 11.3 Å². The summed E-state index contributed by atoms with van der Waals surface area (Å²) < 4.78 is 44.5. The molecule has 5 heteroatoms. The van der Waals surface area contributed by atoms with E-state index in [1.54, 1.807) is 18.3 Å². The molecule has 86 valence electrons. The average Bonchev–Trinajstić information content (AvgIpc) is 2.56. The van der Waals surface area contributed by atoms with Gasteiger partial charge in [-0.15, -0.1) is 0 Å². The molecule has 0 unspecified atom stereocenters. The van der Waals surface area contributed by atoms with E-state index in [9.17, 15) is 13.2 Å². The number of aromatic nitrogens is 1. The van der Waals surface area contributed by atoms with Gasteiger partial charge < -0.3 is 9.14 Å². The van der Waals surface area contributed by atoms with Crippen LogP contribution in [0.25, 0.3) is 5.52 Å². The summed E-state index contributed by atoms with van der Waals surface area (Å²) in [5, 5.41) is 0. The predicted molar refractivity (Wildman–Crippen MR) is 53.7 cm³/mol. The number of alkyl halides is 3. The molecule has 2 heterocycles. The molecule has 0 amide bonds. The Kier molecular flexibility index (Phi) is 2.33. The van der Waals surface area contributed by atoms with Crippen molar-refractivity contribution in [2.24, 2.45) is 0 Å². The maximum Gasteiger partial charge on any atom is 0.418 e. The van der Waals surface area contributed by atoms with E-state index in [2.05, 4.69) is 0 Å². The molecule has 0 radical (unpaired) electrons. The van der Waals surface area contributed by atoms with E-state index in [0.29, 0.717) is 11.3 Å². The molecule has 2 aromatic rings. The van der Waals surface area contributed by atoms with Crippen molar-refractivity contribution < 1.29 is 17.9 Å². The number of aryl methyl sites for hydroxylation is 1. The SMILES string of the molecule is COc1cccn2c(C)c(C(F)(F)F)cc12. The Hall–Kier alpha value is -1.65. The van der Waals surface area contributed by atoms with Crippen LogP contribution in [-0.2, 0) is 6.18 Å². The van der Waals surface area contributed by atoms with Crippen LogP contribution >= 0.6 is 0 Å². The first-order valence-corrected chi connectivity index (χ1v) is 4.67. The Balaban J connectivity index is 2.77. The van der Waals surface area contributed by atoms with Gasteiger partial charge in [0.2, 0.25) is 0 Å². The smallest absolute Gasteiger partial charge is 0.418 e. The van der Waals surface area contributed by atoms with E-state index in [1.165, 1.54) is 18.4 Å². The highest BCUT2D eigenvalue weighted by Crippen LogP contribution is 2.35. The Bertz CT molecular complexity index is 528. The molecule has 2 aromatic heterocycles. The zero-order chi connectivity index (χ0) is 11.9. The van der Waals surface area contributed by atoms with Gasteiger partial charge in [0, 0.05) is 11.9 Å². The largest absolute Gasteiger partial charge is 0.495 e. The minimum Gasteiger partial charge on any atom is -0.495 e. The summed E-state index contributed by atoms with van der Waals surface area (Å²) in [6.45, 7) is 1.44. The van der Waals surface area contributed by atoms with Gasteiger partial charge >= 0.3 is 6.18 Å². The molecule has 0 bridgehead atoms. The summed E-state index contributed by atoms with van der Waals surface area (Å²) in [6.07, 6.45) is -2.75. The first kappa shape index (κ1) is 10.9. The lowest BCUT2D eigenvalue weighted by Crippen LogP contribution is -2.05. The second kappa shape index (κ2) is 3.43. The molecule has 0 saturated carbocycles. The normalized spacial score (nSPS) is 12.1. The number of ether oxygens (including phenoxy) is 1.